The van der Waals surface area contributed by atoms with Gasteiger partial charge in [-0.1, -0.05) is 0 Å². The SMILES string of the molecule is CC(C)Oc1ccc(C(=O)N(C)[C@H]2CCNC2)cc1. The van der Waals surface area contributed by atoms with Gasteiger partial charge < -0.3 is 15.0 Å². The standard InChI is InChI=1S/C15H22N2O2/c1-11(2)19-14-6-4-12(5-7-14)15(18)17(3)13-8-9-16-10-13/h4-7,11,13,16H,8-10H2,1-3H3/t13-/m0/s1. The summed E-state index contributed by atoms with van der Waals surface area (Å²) in [6.45, 7) is 5.85. The molecule has 104 valence electrons. The highest BCUT2D eigenvalue weighted by Crippen LogP contribution is 2.16. The number of likely N-dealkylation sites (N-methyl/N-ethyl adjacent to an activating group) is 1. The fourth-order valence-electron chi connectivity index (χ4n) is 2.29. The molecule has 0 radical (unpaired) electrons. The molecule has 19 heavy (non-hydrogen) atoms. The van der Waals surface area contributed by atoms with Gasteiger partial charge in [0.25, 0.3) is 5.91 Å². The molecule has 0 bridgehead atoms. The monoisotopic (exact) mass is 262 g/mol. The van der Waals surface area contributed by atoms with Gasteiger partial charge in [-0.05, 0) is 51.1 Å². The summed E-state index contributed by atoms with van der Waals surface area (Å²) < 4.78 is 5.57. The molecule has 1 aliphatic rings. The van der Waals surface area contributed by atoms with Gasteiger partial charge >= 0.3 is 0 Å². The van der Waals surface area contributed by atoms with Crippen molar-refractivity contribution in [2.45, 2.75) is 32.4 Å². The summed E-state index contributed by atoms with van der Waals surface area (Å²) >= 11 is 0. The van der Waals surface area contributed by atoms with E-state index < -0.39 is 0 Å². The van der Waals surface area contributed by atoms with Crippen LogP contribution in [0.25, 0.3) is 0 Å². The third kappa shape index (κ3) is 3.47. The molecule has 1 atom stereocenters. The Morgan fingerprint density at radius 2 is 2.05 bits per heavy atom. The van der Waals surface area contributed by atoms with E-state index >= 15 is 0 Å². The minimum atomic E-state index is 0.0739. The maximum Gasteiger partial charge on any atom is 0.253 e. The minimum absolute atomic E-state index is 0.0739. The Labute approximate surface area is 114 Å². The maximum atomic E-state index is 12.3. The van der Waals surface area contributed by atoms with Crippen LogP contribution >= 0.6 is 0 Å². The number of hydrogen-bond acceptors (Lipinski definition) is 3. The molecule has 0 spiro atoms. The zero-order chi connectivity index (χ0) is 13.8. The average molecular weight is 262 g/mol. The first-order chi connectivity index (χ1) is 9.08. The topological polar surface area (TPSA) is 41.6 Å². The Bertz CT molecular complexity index is 422. The van der Waals surface area contributed by atoms with Crippen molar-refractivity contribution in [1.29, 1.82) is 0 Å². The Balaban J connectivity index is 2.02. The van der Waals surface area contributed by atoms with Gasteiger partial charge in [0.05, 0.1) is 6.10 Å². The molecule has 1 aromatic rings. The molecular formula is C15H22N2O2. The number of nitrogens with one attached hydrogen (secondary N) is 1. The first kappa shape index (κ1) is 13.9. The summed E-state index contributed by atoms with van der Waals surface area (Å²) in [4.78, 5) is 14.2. The van der Waals surface area contributed by atoms with Gasteiger partial charge in [0, 0.05) is 25.2 Å². The normalized spacial score (nSPS) is 18.6. The molecule has 2 rings (SSSR count). The van der Waals surface area contributed by atoms with Crippen molar-refractivity contribution in [1.82, 2.24) is 10.2 Å². The van der Waals surface area contributed by atoms with Crippen molar-refractivity contribution in [2.75, 3.05) is 20.1 Å². The molecule has 0 saturated carbocycles. The van der Waals surface area contributed by atoms with E-state index in [9.17, 15) is 4.79 Å². The quantitative estimate of drug-likeness (QED) is 0.901. The van der Waals surface area contributed by atoms with Crippen LogP contribution in [0.15, 0.2) is 24.3 Å². The Kier molecular flexibility index (Phi) is 4.43. The molecule has 1 saturated heterocycles. The number of nitrogens with zero attached hydrogens (tertiary/aromatic N) is 1. The fourth-order valence-corrected chi connectivity index (χ4v) is 2.29. The van der Waals surface area contributed by atoms with E-state index in [4.69, 9.17) is 4.74 Å². The van der Waals surface area contributed by atoms with Gasteiger partial charge in [-0.15, -0.1) is 0 Å². The van der Waals surface area contributed by atoms with Gasteiger partial charge in [-0.2, -0.15) is 0 Å². The van der Waals surface area contributed by atoms with Crippen LogP contribution in [0.5, 0.6) is 5.75 Å². The number of ether oxygens (including phenoxy) is 1. The van der Waals surface area contributed by atoms with Crippen LogP contribution in [0.1, 0.15) is 30.6 Å². The van der Waals surface area contributed by atoms with Crippen molar-refractivity contribution in [3.05, 3.63) is 29.8 Å². The first-order valence-electron chi connectivity index (χ1n) is 6.82. The van der Waals surface area contributed by atoms with Crippen molar-refractivity contribution >= 4 is 5.91 Å². The first-order valence-corrected chi connectivity index (χ1v) is 6.82. The lowest BCUT2D eigenvalue weighted by Gasteiger charge is -2.23. The zero-order valence-corrected chi connectivity index (χ0v) is 11.8. The van der Waals surface area contributed by atoms with Crippen LogP contribution in [0.4, 0.5) is 0 Å². The third-order valence-corrected chi connectivity index (χ3v) is 3.38. The molecule has 1 aromatic carbocycles. The summed E-state index contributed by atoms with van der Waals surface area (Å²) in [5, 5.41) is 3.28. The average Bonchev–Trinajstić information content (AvgIpc) is 2.91. The molecule has 0 unspecified atom stereocenters. The molecule has 1 fully saturated rings. The second-order valence-electron chi connectivity index (χ2n) is 5.25. The highest BCUT2D eigenvalue weighted by Gasteiger charge is 2.23. The summed E-state index contributed by atoms with van der Waals surface area (Å²) in [6.07, 6.45) is 1.17. The molecule has 1 amide bonds. The number of rotatable bonds is 4. The zero-order valence-electron chi connectivity index (χ0n) is 11.8. The van der Waals surface area contributed by atoms with E-state index in [0.717, 1.165) is 25.3 Å². The number of amides is 1. The third-order valence-electron chi connectivity index (χ3n) is 3.38. The predicted molar refractivity (Wildman–Crippen MR) is 75.6 cm³/mol. The van der Waals surface area contributed by atoms with Crippen LogP contribution in [-0.2, 0) is 0 Å². The van der Waals surface area contributed by atoms with Gasteiger partial charge in [-0.25, -0.2) is 0 Å². The molecule has 1 heterocycles. The van der Waals surface area contributed by atoms with Crippen LogP contribution in [0.2, 0.25) is 0 Å². The summed E-state index contributed by atoms with van der Waals surface area (Å²) in [5.41, 5.74) is 0.713. The lowest BCUT2D eigenvalue weighted by Crippen LogP contribution is -2.38. The largest absolute Gasteiger partial charge is 0.491 e. The van der Waals surface area contributed by atoms with Crippen molar-refractivity contribution in [3.63, 3.8) is 0 Å². The summed E-state index contributed by atoms with van der Waals surface area (Å²) in [7, 11) is 1.87. The molecule has 0 aromatic heterocycles. The number of hydrogen-bond donors (Lipinski definition) is 1. The lowest BCUT2D eigenvalue weighted by molar-refractivity contribution is 0.0744. The highest BCUT2D eigenvalue weighted by atomic mass is 16.5. The molecule has 4 nitrogen and oxygen atoms in total. The van der Waals surface area contributed by atoms with E-state index in [-0.39, 0.29) is 12.0 Å². The molecule has 0 aliphatic carbocycles. The van der Waals surface area contributed by atoms with Crippen molar-refractivity contribution in [2.24, 2.45) is 0 Å². The summed E-state index contributed by atoms with van der Waals surface area (Å²) in [5.74, 6) is 0.876. The van der Waals surface area contributed by atoms with Gasteiger partial charge in [-0.3, -0.25) is 4.79 Å². The Hall–Kier alpha value is -1.55. The fraction of sp³-hybridized carbons (Fsp3) is 0.533. The van der Waals surface area contributed by atoms with Crippen molar-refractivity contribution < 1.29 is 9.53 Å². The predicted octanol–water partition coefficient (Wildman–Crippen LogP) is 1.91. The van der Waals surface area contributed by atoms with Crippen LogP contribution in [0, 0.1) is 0 Å². The van der Waals surface area contributed by atoms with E-state index in [2.05, 4.69) is 5.32 Å². The van der Waals surface area contributed by atoms with Crippen LogP contribution in [-0.4, -0.2) is 43.1 Å². The second kappa shape index (κ2) is 6.06. The molecular weight excluding hydrogens is 240 g/mol. The van der Waals surface area contributed by atoms with Crippen LogP contribution < -0.4 is 10.1 Å². The van der Waals surface area contributed by atoms with Gasteiger partial charge in [0.1, 0.15) is 5.75 Å². The number of carbonyl (C=O) groups is 1. The van der Waals surface area contributed by atoms with Crippen LogP contribution in [0.3, 0.4) is 0 Å². The Morgan fingerprint density at radius 3 is 2.58 bits per heavy atom. The van der Waals surface area contributed by atoms with E-state index in [1.807, 2.05) is 50.1 Å². The number of benzene rings is 1. The smallest absolute Gasteiger partial charge is 0.253 e. The van der Waals surface area contributed by atoms with Gasteiger partial charge in [0.15, 0.2) is 0 Å². The number of carbonyl (C=O) groups excluding carboxylic acids is 1. The summed E-state index contributed by atoms with van der Waals surface area (Å²) in [6, 6.07) is 7.68. The minimum Gasteiger partial charge on any atom is -0.491 e. The Morgan fingerprint density at radius 1 is 1.37 bits per heavy atom. The molecule has 1 aliphatic heterocycles. The van der Waals surface area contributed by atoms with E-state index in [1.165, 1.54) is 0 Å². The van der Waals surface area contributed by atoms with E-state index in [1.54, 1.807) is 0 Å². The molecule has 4 heteroatoms. The lowest BCUT2D eigenvalue weighted by atomic mass is 10.1. The molecule has 1 N–H and O–H groups in total. The second-order valence-corrected chi connectivity index (χ2v) is 5.25. The highest BCUT2D eigenvalue weighted by molar-refractivity contribution is 5.94. The van der Waals surface area contributed by atoms with Gasteiger partial charge in [0.2, 0.25) is 0 Å². The maximum absolute atomic E-state index is 12.3. The van der Waals surface area contributed by atoms with E-state index in [0.29, 0.717) is 11.6 Å². The van der Waals surface area contributed by atoms with Crippen molar-refractivity contribution in [3.8, 4) is 5.75 Å².